The molecule has 114 valence electrons. The van der Waals surface area contributed by atoms with Crippen LogP contribution in [0.2, 0.25) is 0 Å². The van der Waals surface area contributed by atoms with Crippen LogP contribution in [0, 0.1) is 5.92 Å². The van der Waals surface area contributed by atoms with E-state index in [-0.39, 0.29) is 5.60 Å². The Bertz CT molecular complexity index is 217. The van der Waals surface area contributed by atoms with Crippen LogP contribution in [0.25, 0.3) is 0 Å². The van der Waals surface area contributed by atoms with E-state index in [0.29, 0.717) is 6.04 Å². The molecule has 3 heteroatoms. The van der Waals surface area contributed by atoms with Crippen LogP contribution in [-0.2, 0) is 9.47 Å². The van der Waals surface area contributed by atoms with Gasteiger partial charge in [-0.1, -0.05) is 13.8 Å². The van der Waals surface area contributed by atoms with Crippen LogP contribution in [0.15, 0.2) is 0 Å². The van der Waals surface area contributed by atoms with Crippen molar-refractivity contribution in [3.8, 4) is 0 Å². The molecule has 1 atom stereocenters. The lowest BCUT2D eigenvalue weighted by Crippen LogP contribution is -2.56. The number of hydrogen-bond acceptors (Lipinski definition) is 3. The highest BCUT2D eigenvalue weighted by Crippen LogP contribution is 2.37. The van der Waals surface area contributed by atoms with Crippen molar-refractivity contribution < 1.29 is 9.47 Å². The minimum atomic E-state index is -0.00833. The quantitative estimate of drug-likeness (QED) is 0.697. The maximum Gasteiger partial charge on any atom is 0.0857 e. The third-order valence-corrected chi connectivity index (χ3v) is 4.32. The second-order valence-electron chi connectivity index (χ2n) is 5.85. The maximum atomic E-state index is 6.23. The van der Waals surface area contributed by atoms with Crippen LogP contribution in [-0.4, -0.2) is 38.0 Å². The summed E-state index contributed by atoms with van der Waals surface area (Å²) >= 11 is 0. The lowest BCUT2D eigenvalue weighted by molar-refractivity contribution is -0.110. The molecule has 0 heterocycles. The first-order valence-corrected chi connectivity index (χ1v) is 8.13. The van der Waals surface area contributed by atoms with Gasteiger partial charge in [-0.2, -0.15) is 0 Å². The van der Waals surface area contributed by atoms with Crippen molar-refractivity contribution in [2.24, 2.45) is 5.92 Å². The molecule has 1 N–H and O–H groups in total. The number of rotatable bonds is 9. The fourth-order valence-electron chi connectivity index (χ4n) is 3.08. The Morgan fingerprint density at radius 2 is 1.84 bits per heavy atom. The van der Waals surface area contributed by atoms with Crippen molar-refractivity contribution in [2.45, 2.75) is 71.4 Å². The first kappa shape index (κ1) is 16.9. The van der Waals surface area contributed by atoms with E-state index in [4.69, 9.17) is 9.47 Å². The molecule has 1 unspecified atom stereocenters. The molecule has 0 spiro atoms. The van der Waals surface area contributed by atoms with E-state index >= 15 is 0 Å². The zero-order chi connectivity index (χ0) is 14.1. The van der Waals surface area contributed by atoms with Gasteiger partial charge in [0.25, 0.3) is 0 Å². The number of ether oxygens (including phenoxy) is 2. The summed E-state index contributed by atoms with van der Waals surface area (Å²) < 4.78 is 11.9. The third kappa shape index (κ3) is 5.05. The molecule has 3 nitrogen and oxygen atoms in total. The first-order chi connectivity index (χ1) is 9.18. The largest absolute Gasteiger partial charge is 0.380 e. The molecule has 0 amide bonds. The lowest BCUT2D eigenvalue weighted by atomic mass is 9.75. The molecular weight excluding hydrogens is 238 g/mol. The Hall–Kier alpha value is -0.120. The first-order valence-electron chi connectivity index (χ1n) is 8.13. The maximum absolute atomic E-state index is 6.23. The van der Waals surface area contributed by atoms with Crippen LogP contribution in [0.4, 0.5) is 0 Å². The van der Waals surface area contributed by atoms with Crippen molar-refractivity contribution >= 4 is 0 Å². The molecule has 1 rings (SSSR count). The highest BCUT2D eigenvalue weighted by molar-refractivity contribution is 4.96. The highest BCUT2D eigenvalue weighted by atomic mass is 16.5. The van der Waals surface area contributed by atoms with Gasteiger partial charge in [0.2, 0.25) is 0 Å². The molecule has 1 saturated carbocycles. The van der Waals surface area contributed by atoms with E-state index in [1.807, 2.05) is 0 Å². The second-order valence-corrected chi connectivity index (χ2v) is 5.85. The molecule has 0 aromatic rings. The monoisotopic (exact) mass is 271 g/mol. The molecule has 0 aromatic carbocycles. The van der Waals surface area contributed by atoms with Crippen molar-refractivity contribution in [1.82, 2.24) is 5.32 Å². The van der Waals surface area contributed by atoms with Crippen LogP contribution >= 0.6 is 0 Å². The fraction of sp³-hybridized carbons (Fsp3) is 1.00. The van der Waals surface area contributed by atoms with E-state index in [1.165, 1.54) is 12.8 Å². The summed E-state index contributed by atoms with van der Waals surface area (Å²) in [5.74, 6) is 0.840. The molecule has 0 bridgehead atoms. The summed E-state index contributed by atoms with van der Waals surface area (Å²) in [5, 5.41) is 3.66. The van der Waals surface area contributed by atoms with Gasteiger partial charge in [0, 0.05) is 13.2 Å². The molecule has 0 aliphatic heterocycles. The van der Waals surface area contributed by atoms with E-state index in [1.54, 1.807) is 0 Å². The summed E-state index contributed by atoms with van der Waals surface area (Å²) in [5.41, 5.74) is -0.00833. The van der Waals surface area contributed by atoms with E-state index in [9.17, 15) is 0 Å². The van der Waals surface area contributed by atoms with E-state index in [0.717, 1.165) is 51.5 Å². The van der Waals surface area contributed by atoms with Crippen LogP contribution in [0.5, 0.6) is 0 Å². The van der Waals surface area contributed by atoms with E-state index in [2.05, 4.69) is 33.0 Å². The Labute approximate surface area is 119 Å². The van der Waals surface area contributed by atoms with Gasteiger partial charge < -0.3 is 14.8 Å². The van der Waals surface area contributed by atoms with Crippen LogP contribution < -0.4 is 5.32 Å². The summed E-state index contributed by atoms with van der Waals surface area (Å²) in [6, 6.07) is 0.333. The lowest BCUT2D eigenvalue weighted by Gasteiger charge is -2.45. The fourth-order valence-corrected chi connectivity index (χ4v) is 3.08. The minimum Gasteiger partial charge on any atom is -0.380 e. The second kappa shape index (κ2) is 8.93. The average Bonchev–Trinajstić information content (AvgIpc) is 2.42. The molecular formula is C16H33NO2. The van der Waals surface area contributed by atoms with Crippen LogP contribution in [0.3, 0.4) is 0 Å². The van der Waals surface area contributed by atoms with Gasteiger partial charge in [-0.3, -0.25) is 0 Å². The van der Waals surface area contributed by atoms with Crippen molar-refractivity contribution in [3.05, 3.63) is 0 Å². The molecule has 1 aliphatic carbocycles. The predicted octanol–water partition coefficient (Wildman–Crippen LogP) is 3.38. The third-order valence-electron chi connectivity index (χ3n) is 4.32. The normalized spacial score (nSPS) is 29.4. The Morgan fingerprint density at radius 1 is 1.16 bits per heavy atom. The SMILES string of the molecule is CCCNC(COCC)C1(OCC)CCC(C)CC1. The Morgan fingerprint density at radius 3 is 2.37 bits per heavy atom. The van der Waals surface area contributed by atoms with Crippen molar-refractivity contribution in [3.63, 3.8) is 0 Å². The van der Waals surface area contributed by atoms with E-state index < -0.39 is 0 Å². The zero-order valence-corrected chi connectivity index (χ0v) is 13.3. The van der Waals surface area contributed by atoms with Crippen molar-refractivity contribution in [1.29, 1.82) is 0 Å². The standard InChI is InChI=1S/C16H33NO2/c1-5-12-17-15(13-18-6-2)16(19-7-3)10-8-14(4)9-11-16/h14-15,17H,5-13H2,1-4H3. The van der Waals surface area contributed by atoms with Gasteiger partial charge in [0.05, 0.1) is 18.2 Å². The number of hydrogen-bond donors (Lipinski definition) is 1. The number of nitrogens with one attached hydrogen (secondary N) is 1. The molecule has 0 radical (unpaired) electrons. The summed E-state index contributed by atoms with van der Waals surface area (Å²) in [6.07, 6.45) is 6.03. The minimum absolute atomic E-state index is 0.00833. The topological polar surface area (TPSA) is 30.5 Å². The smallest absolute Gasteiger partial charge is 0.0857 e. The Kier molecular flexibility index (Phi) is 7.96. The average molecular weight is 271 g/mol. The van der Waals surface area contributed by atoms with Gasteiger partial charge in [-0.25, -0.2) is 0 Å². The highest BCUT2D eigenvalue weighted by Gasteiger charge is 2.41. The van der Waals surface area contributed by atoms with Gasteiger partial charge in [-0.15, -0.1) is 0 Å². The Balaban J connectivity index is 2.71. The van der Waals surface area contributed by atoms with Crippen molar-refractivity contribution in [2.75, 3.05) is 26.4 Å². The van der Waals surface area contributed by atoms with Gasteiger partial charge in [0.15, 0.2) is 0 Å². The van der Waals surface area contributed by atoms with Gasteiger partial charge >= 0.3 is 0 Å². The molecule has 19 heavy (non-hydrogen) atoms. The molecule has 0 saturated heterocycles. The summed E-state index contributed by atoms with van der Waals surface area (Å²) in [4.78, 5) is 0. The predicted molar refractivity (Wildman–Crippen MR) is 80.6 cm³/mol. The molecule has 1 fully saturated rings. The summed E-state index contributed by atoms with van der Waals surface area (Å²) in [7, 11) is 0. The molecule has 1 aliphatic rings. The summed E-state index contributed by atoms with van der Waals surface area (Å²) in [6.45, 7) is 12.1. The van der Waals surface area contributed by atoms with Crippen LogP contribution in [0.1, 0.15) is 59.8 Å². The van der Waals surface area contributed by atoms with Gasteiger partial charge in [-0.05, 0) is 58.4 Å². The zero-order valence-electron chi connectivity index (χ0n) is 13.3. The molecule has 0 aromatic heterocycles. The van der Waals surface area contributed by atoms with Gasteiger partial charge in [0.1, 0.15) is 0 Å².